The van der Waals surface area contributed by atoms with Crippen LogP contribution in [0.4, 0.5) is 4.39 Å². The number of halogens is 1. The zero-order chi connectivity index (χ0) is 14.4. The van der Waals surface area contributed by atoms with Crippen molar-refractivity contribution < 1.29 is 9.18 Å². The topological polar surface area (TPSA) is 17.1 Å². The molecule has 0 saturated heterocycles. The zero-order valence-electron chi connectivity index (χ0n) is 10.9. The van der Waals surface area contributed by atoms with Gasteiger partial charge in [0.05, 0.1) is 0 Å². The lowest BCUT2D eigenvalue weighted by Gasteiger charge is -1.99. The Balaban J connectivity index is 2.45. The van der Waals surface area contributed by atoms with Crippen LogP contribution < -0.4 is 0 Å². The molecule has 0 heterocycles. The highest BCUT2D eigenvalue weighted by Gasteiger charge is 2.08. The van der Waals surface area contributed by atoms with E-state index in [1.54, 1.807) is 6.92 Å². The first kappa shape index (κ1) is 13.6. The smallest absolute Gasteiger partial charge is 0.237 e. The molecule has 0 aromatic heterocycles. The van der Waals surface area contributed by atoms with E-state index in [2.05, 4.69) is 23.7 Å². The van der Waals surface area contributed by atoms with Crippen molar-refractivity contribution in [2.75, 3.05) is 0 Å². The number of Topliss-reactive ketones (excluding diaryl/α,β-unsaturated/α-hetero) is 1. The standard InChI is InChI=1S/C18H11FO/c1-2-6-18(20)17-12-11-16(19)13-15(17)10-9-14-7-4-3-5-8-14/h3-5,7-8,11-13H,1H3. The van der Waals surface area contributed by atoms with Crippen molar-refractivity contribution in [2.24, 2.45) is 0 Å². The molecule has 0 spiro atoms. The van der Waals surface area contributed by atoms with Crippen LogP contribution in [0.5, 0.6) is 0 Å². The van der Waals surface area contributed by atoms with Crippen molar-refractivity contribution in [1.29, 1.82) is 0 Å². The van der Waals surface area contributed by atoms with E-state index < -0.39 is 5.82 Å². The minimum absolute atomic E-state index is 0.323. The van der Waals surface area contributed by atoms with Gasteiger partial charge in [-0.3, -0.25) is 4.79 Å². The molecule has 1 nitrogen and oxygen atoms in total. The number of hydrogen-bond acceptors (Lipinski definition) is 1. The first-order valence-corrected chi connectivity index (χ1v) is 6.04. The minimum atomic E-state index is -0.427. The molecule has 0 amide bonds. The van der Waals surface area contributed by atoms with Crippen molar-refractivity contribution in [2.45, 2.75) is 6.92 Å². The summed E-state index contributed by atoms with van der Waals surface area (Å²) in [6, 6.07) is 13.2. The third-order valence-electron chi connectivity index (χ3n) is 2.58. The van der Waals surface area contributed by atoms with Crippen LogP contribution in [0.2, 0.25) is 0 Å². The average Bonchev–Trinajstić information content (AvgIpc) is 2.46. The molecule has 0 atom stereocenters. The molecular formula is C18H11FO. The molecule has 0 aliphatic rings. The Morgan fingerprint density at radius 3 is 2.50 bits per heavy atom. The van der Waals surface area contributed by atoms with Crippen molar-refractivity contribution in [1.82, 2.24) is 0 Å². The number of rotatable bonds is 1. The van der Waals surface area contributed by atoms with Gasteiger partial charge in [0.2, 0.25) is 5.78 Å². The lowest BCUT2D eigenvalue weighted by atomic mass is 10.0. The van der Waals surface area contributed by atoms with Crippen LogP contribution in [0.25, 0.3) is 0 Å². The Hall–Kier alpha value is -2.84. The SMILES string of the molecule is CC#CC(=O)c1ccc(F)cc1C#Cc1ccccc1. The maximum Gasteiger partial charge on any atom is 0.237 e. The second-order valence-electron chi connectivity index (χ2n) is 4.01. The van der Waals surface area contributed by atoms with E-state index in [-0.39, 0.29) is 5.78 Å². The van der Waals surface area contributed by atoms with Gasteiger partial charge in [-0.15, -0.1) is 0 Å². The van der Waals surface area contributed by atoms with Gasteiger partial charge in [-0.05, 0) is 43.2 Å². The maximum atomic E-state index is 13.3. The van der Waals surface area contributed by atoms with Crippen LogP contribution in [-0.4, -0.2) is 5.78 Å². The van der Waals surface area contributed by atoms with Gasteiger partial charge in [-0.2, -0.15) is 0 Å². The first-order valence-electron chi connectivity index (χ1n) is 6.04. The predicted octanol–water partition coefficient (Wildman–Crippen LogP) is 3.43. The Bertz CT molecular complexity index is 753. The molecule has 0 aliphatic heterocycles. The van der Waals surface area contributed by atoms with Crippen LogP contribution in [0.1, 0.15) is 28.4 Å². The molecule has 0 aliphatic carbocycles. The molecule has 2 rings (SSSR count). The molecule has 2 aromatic carbocycles. The average molecular weight is 262 g/mol. The number of ketones is 1. The van der Waals surface area contributed by atoms with E-state index in [0.29, 0.717) is 11.1 Å². The summed E-state index contributed by atoms with van der Waals surface area (Å²) in [5.74, 6) is 9.94. The molecule has 2 aromatic rings. The summed E-state index contributed by atoms with van der Waals surface area (Å²) in [4.78, 5) is 11.8. The van der Waals surface area contributed by atoms with Crippen LogP contribution in [0.15, 0.2) is 48.5 Å². The van der Waals surface area contributed by atoms with Gasteiger partial charge in [0.1, 0.15) is 5.82 Å². The fourth-order valence-corrected chi connectivity index (χ4v) is 1.66. The molecule has 0 radical (unpaired) electrons. The van der Waals surface area contributed by atoms with Gasteiger partial charge >= 0.3 is 0 Å². The Morgan fingerprint density at radius 2 is 1.80 bits per heavy atom. The van der Waals surface area contributed by atoms with Gasteiger partial charge < -0.3 is 0 Å². The summed E-state index contributed by atoms with van der Waals surface area (Å²) >= 11 is 0. The first-order chi connectivity index (χ1) is 9.70. The van der Waals surface area contributed by atoms with Crippen molar-refractivity contribution in [3.8, 4) is 23.7 Å². The minimum Gasteiger partial charge on any atom is -0.279 e. The molecule has 2 heteroatoms. The van der Waals surface area contributed by atoms with Crippen molar-refractivity contribution in [3.63, 3.8) is 0 Å². The van der Waals surface area contributed by atoms with E-state index in [0.717, 1.165) is 5.56 Å². The Kier molecular flexibility index (Phi) is 4.32. The molecule has 0 saturated carbocycles. The number of carbonyl (C=O) groups excluding carboxylic acids is 1. The summed E-state index contributed by atoms with van der Waals surface area (Å²) in [7, 11) is 0. The van der Waals surface area contributed by atoms with E-state index >= 15 is 0 Å². The fraction of sp³-hybridized carbons (Fsp3) is 0.0556. The van der Waals surface area contributed by atoms with Crippen LogP contribution >= 0.6 is 0 Å². The second kappa shape index (κ2) is 6.36. The van der Waals surface area contributed by atoms with E-state index in [9.17, 15) is 9.18 Å². The summed E-state index contributed by atoms with van der Waals surface area (Å²) in [6.45, 7) is 1.58. The Morgan fingerprint density at radius 1 is 1.05 bits per heavy atom. The summed E-state index contributed by atoms with van der Waals surface area (Å²) in [5.41, 5.74) is 1.47. The highest BCUT2D eigenvalue weighted by Crippen LogP contribution is 2.11. The number of hydrogen-bond donors (Lipinski definition) is 0. The van der Waals surface area contributed by atoms with Gasteiger partial charge in [0.25, 0.3) is 0 Å². The molecule has 0 fully saturated rings. The van der Waals surface area contributed by atoms with Gasteiger partial charge in [0, 0.05) is 16.7 Å². The predicted molar refractivity (Wildman–Crippen MR) is 76.6 cm³/mol. The molecule has 0 bridgehead atoms. The van der Waals surface area contributed by atoms with Crippen LogP contribution in [0, 0.1) is 29.5 Å². The molecule has 96 valence electrons. The lowest BCUT2D eigenvalue weighted by molar-refractivity contribution is 0.105. The zero-order valence-corrected chi connectivity index (χ0v) is 10.9. The third kappa shape index (κ3) is 3.34. The van der Waals surface area contributed by atoms with Crippen LogP contribution in [0.3, 0.4) is 0 Å². The van der Waals surface area contributed by atoms with Gasteiger partial charge in [0.15, 0.2) is 0 Å². The van der Waals surface area contributed by atoms with Crippen molar-refractivity contribution in [3.05, 3.63) is 71.0 Å². The monoisotopic (exact) mass is 262 g/mol. The summed E-state index contributed by atoms with van der Waals surface area (Å²) in [6.07, 6.45) is 0. The van der Waals surface area contributed by atoms with Crippen molar-refractivity contribution >= 4 is 5.78 Å². The lowest BCUT2D eigenvalue weighted by Crippen LogP contribution is -1.99. The van der Waals surface area contributed by atoms with Gasteiger partial charge in [-0.1, -0.05) is 36.0 Å². The molecule has 0 N–H and O–H groups in total. The summed E-state index contributed by atoms with van der Waals surface area (Å²) < 4.78 is 13.3. The number of benzene rings is 2. The normalized spacial score (nSPS) is 8.90. The third-order valence-corrected chi connectivity index (χ3v) is 2.58. The summed E-state index contributed by atoms with van der Waals surface area (Å²) in [5, 5.41) is 0. The van der Waals surface area contributed by atoms with Gasteiger partial charge in [-0.25, -0.2) is 4.39 Å². The second-order valence-corrected chi connectivity index (χ2v) is 4.01. The van der Waals surface area contributed by atoms with Crippen LogP contribution in [-0.2, 0) is 0 Å². The molecular weight excluding hydrogens is 251 g/mol. The molecule has 0 unspecified atom stereocenters. The molecule has 20 heavy (non-hydrogen) atoms. The van der Waals surface area contributed by atoms with E-state index in [1.165, 1.54) is 18.2 Å². The maximum absolute atomic E-state index is 13.3. The van der Waals surface area contributed by atoms with E-state index in [1.807, 2.05) is 30.3 Å². The Labute approximate surface area is 117 Å². The van der Waals surface area contributed by atoms with E-state index in [4.69, 9.17) is 0 Å². The quantitative estimate of drug-likeness (QED) is 0.437. The fourth-order valence-electron chi connectivity index (χ4n) is 1.66. The number of carbonyl (C=O) groups is 1. The highest BCUT2D eigenvalue weighted by molar-refractivity contribution is 6.10. The largest absolute Gasteiger partial charge is 0.279 e. The highest BCUT2D eigenvalue weighted by atomic mass is 19.1.